The van der Waals surface area contributed by atoms with Gasteiger partial charge in [-0.2, -0.15) is 0 Å². The summed E-state index contributed by atoms with van der Waals surface area (Å²) in [6.45, 7) is 3.14. The lowest BCUT2D eigenvalue weighted by Gasteiger charge is -2.11. The van der Waals surface area contributed by atoms with Crippen LogP contribution in [0.4, 0.5) is 0 Å². The standard InChI is InChI=1S/C28H30O6/c1-21(29)26-20-23(28(30)31)13-16-27(26)34-19-7-8-22-11-14-25(15-12-22)33-18-6-5-17-32-24-9-3-2-4-10-24/h2-4,9-16,20H,5-8,17-19H2,1H3,(H,30,31). The second-order valence-corrected chi connectivity index (χ2v) is 7.89. The fourth-order valence-corrected chi connectivity index (χ4v) is 3.38. The largest absolute Gasteiger partial charge is 0.494 e. The molecular weight excluding hydrogens is 432 g/mol. The predicted octanol–water partition coefficient (Wildman–Crippen LogP) is 5.84. The maximum Gasteiger partial charge on any atom is 0.335 e. The Morgan fingerprint density at radius 3 is 1.97 bits per heavy atom. The molecule has 3 aromatic rings. The highest BCUT2D eigenvalue weighted by Gasteiger charge is 2.13. The molecule has 6 nitrogen and oxygen atoms in total. The summed E-state index contributed by atoms with van der Waals surface area (Å²) in [5.74, 6) is 0.847. The Bertz CT molecular complexity index is 1060. The van der Waals surface area contributed by atoms with Crippen LogP contribution in [0.15, 0.2) is 72.8 Å². The quantitative estimate of drug-likeness (QED) is 0.240. The Morgan fingerprint density at radius 2 is 1.35 bits per heavy atom. The van der Waals surface area contributed by atoms with Gasteiger partial charge >= 0.3 is 5.97 Å². The number of Topliss-reactive ketones (excluding diaryl/α,β-unsaturated/α-hetero) is 1. The molecule has 0 aliphatic heterocycles. The first-order valence-corrected chi connectivity index (χ1v) is 11.4. The smallest absolute Gasteiger partial charge is 0.335 e. The zero-order valence-corrected chi connectivity index (χ0v) is 19.4. The summed E-state index contributed by atoms with van der Waals surface area (Å²) in [6.07, 6.45) is 3.43. The lowest BCUT2D eigenvalue weighted by atomic mass is 10.1. The molecule has 0 atom stereocenters. The predicted molar refractivity (Wildman–Crippen MR) is 130 cm³/mol. The van der Waals surface area contributed by atoms with Gasteiger partial charge < -0.3 is 19.3 Å². The van der Waals surface area contributed by atoms with E-state index in [1.165, 1.54) is 24.6 Å². The molecule has 0 aliphatic carbocycles. The Morgan fingerprint density at radius 1 is 0.735 bits per heavy atom. The van der Waals surface area contributed by atoms with Crippen molar-refractivity contribution in [3.63, 3.8) is 0 Å². The van der Waals surface area contributed by atoms with Crippen molar-refractivity contribution in [2.45, 2.75) is 32.6 Å². The minimum atomic E-state index is -1.07. The summed E-state index contributed by atoms with van der Waals surface area (Å²) in [4.78, 5) is 22.9. The van der Waals surface area contributed by atoms with E-state index in [4.69, 9.17) is 19.3 Å². The van der Waals surface area contributed by atoms with E-state index in [-0.39, 0.29) is 16.9 Å². The molecule has 0 unspecified atom stereocenters. The van der Waals surface area contributed by atoms with Crippen LogP contribution in [0.3, 0.4) is 0 Å². The fraction of sp³-hybridized carbons (Fsp3) is 0.286. The van der Waals surface area contributed by atoms with Gasteiger partial charge in [0.25, 0.3) is 0 Å². The number of carbonyl (C=O) groups is 2. The average molecular weight is 463 g/mol. The fourth-order valence-electron chi connectivity index (χ4n) is 3.38. The molecule has 0 aromatic heterocycles. The summed E-state index contributed by atoms with van der Waals surface area (Å²) in [5.41, 5.74) is 1.52. The molecular formula is C28H30O6. The molecule has 0 spiro atoms. The molecule has 0 bridgehead atoms. The third kappa shape index (κ3) is 7.96. The average Bonchev–Trinajstić information content (AvgIpc) is 2.85. The molecule has 178 valence electrons. The number of ketones is 1. The number of benzene rings is 3. The second kappa shape index (κ2) is 13.0. The van der Waals surface area contributed by atoms with Gasteiger partial charge in [0.05, 0.1) is 30.9 Å². The first-order valence-electron chi connectivity index (χ1n) is 11.4. The maximum absolute atomic E-state index is 11.8. The van der Waals surface area contributed by atoms with Crippen molar-refractivity contribution in [3.05, 3.63) is 89.5 Å². The number of unbranched alkanes of at least 4 members (excludes halogenated alkanes) is 1. The third-order valence-corrected chi connectivity index (χ3v) is 5.22. The second-order valence-electron chi connectivity index (χ2n) is 7.89. The van der Waals surface area contributed by atoms with Gasteiger partial charge in [-0.05, 0) is 80.6 Å². The van der Waals surface area contributed by atoms with Gasteiger partial charge in [-0.3, -0.25) is 4.79 Å². The van der Waals surface area contributed by atoms with Gasteiger partial charge in [-0.25, -0.2) is 4.79 Å². The number of carboxylic acids is 1. The Kier molecular flexibility index (Phi) is 9.52. The van der Waals surface area contributed by atoms with E-state index in [9.17, 15) is 9.59 Å². The summed E-state index contributed by atoms with van der Waals surface area (Å²) in [5, 5.41) is 9.10. The number of aromatic carboxylic acids is 1. The SMILES string of the molecule is CC(=O)c1cc(C(=O)O)ccc1OCCCc1ccc(OCCCCOc2ccccc2)cc1. The van der Waals surface area contributed by atoms with Crippen LogP contribution < -0.4 is 14.2 Å². The van der Waals surface area contributed by atoms with E-state index < -0.39 is 5.97 Å². The van der Waals surface area contributed by atoms with Crippen LogP contribution >= 0.6 is 0 Å². The Balaban J connectivity index is 1.33. The topological polar surface area (TPSA) is 82.1 Å². The van der Waals surface area contributed by atoms with Gasteiger partial charge in [0, 0.05) is 0 Å². The summed E-state index contributed by atoms with van der Waals surface area (Å²) in [7, 11) is 0. The van der Waals surface area contributed by atoms with Gasteiger partial charge in [0.2, 0.25) is 0 Å². The van der Waals surface area contributed by atoms with Crippen molar-refractivity contribution in [1.29, 1.82) is 0 Å². The molecule has 3 aromatic carbocycles. The summed E-state index contributed by atoms with van der Waals surface area (Å²) < 4.78 is 17.2. The number of rotatable bonds is 14. The van der Waals surface area contributed by atoms with Gasteiger partial charge in [0.15, 0.2) is 5.78 Å². The van der Waals surface area contributed by atoms with Crippen molar-refractivity contribution in [1.82, 2.24) is 0 Å². The van der Waals surface area contributed by atoms with E-state index in [0.717, 1.165) is 37.2 Å². The van der Waals surface area contributed by atoms with Crippen LogP contribution in [0.5, 0.6) is 17.2 Å². The molecule has 0 aliphatic rings. The number of carbonyl (C=O) groups excluding carboxylic acids is 1. The first kappa shape index (κ1) is 24.8. The van der Waals surface area contributed by atoms with E-state index in [1.54, 1.807) is 6.07 Å². The van der Waals surface area contributed by atoms with E-state index in [0.29, 0.717) is 25.6 Å². The summed E-state index contributed by atoms with van der Waals surface area (Å²) >= 11 is 0. The molecule has 0 radical (unpaired) electrons. The maximum atomic E-state index is 11.8. The van der Waals surface area contributed by atoms with E-state index in [2.05, 4.69) is 0 Å². The Labute approximate surface area is 200 Å². The molecule has 1 N–H and O–H groups in total. The zero-order valence-electron chi connectivity index (χ0n) is 19.4. The highest BCUT2D eigenvalue weighted by molar-refractivity contribution is 5.99. The van der Waals surface area contributed by atoms with Crippen molar-refractivity contribution >= 4 is 11.8 Å². The first-order chi connectivity index (χ1) is 16.5. The number of hydrogen-bond acceptors (Lipinski definition) is 5. The number of aryl methyl sites for hydroxylation is 1. The number of hydrogen-bond donors (Lipinski definition) is 1. The molecule has 3 rings (SSSR count). The zero-order chi connectivity index (χ0) is 24.2. The van der Waals surface area contributed by atoms with Gasteiger partial charge in [-0.1, -0.05) is 30.3 Å². The molecule has 0 saturated heterocycles. The summed E-state index contributed by atoms with van der Waals surface area (Å²) in [6, 6.07) is 22.1. The minimum absolute atomic E-state index is 0.0698. The van der Waals surface area contributed by atoms with Crippen molar-refractivity contribution in [2.75, 3.05) is 19.8 Å². The third-order valence-electron chi connectivity index (χ3n) is 5.22. The lowest BCUT2D eigenvalue weighted by Crippen LogP contribution is -2.06. The number of carboxylic acid groups (broad SMARTS) is 1. The van der Waals surface area contributed by atoms with Crippen LogP contribution in [-0.2, 0) is 6.42 Å². The minimum Gasteiger partial charge on any atom is -0.494 e. The molecule has 0 saturated carbocycles. The molecule has 0 fully saturated rings. The lowest BCUT2D eigenvalue weighted by molar-refractivity contribution is 0.0697. The van der Waals surface area contributed by atoms with Crippen LogP contribution in [0.25, 0.3) is 0 Å². The highest BCUT2D eigenvalue weighted by atomic mass is 16.5. The molecule has 0 heterocycles. The van der Waals surface area contributed by atoms with Crippen LogP contribution in [0, 0.1) is 0 Å². The number of para-hydroxylation sites is 1. The van der Waals surface area contributed by atoms with Crippen molar-refractivity contribution in [3.8, 4) is 17.2 Å². The van der Waals surface area contributed by atoms with Crippen LogP contribution in [-0.4, -0.2) is 36.7 Å². The van der Waals surface area contributed by atoms with Crippen molar-refractivity contribution < 1.29 is 28.9 Å². The van der Waals surface area contributed by atoms with Crippen LogP contribution in [0.1, 0.15) is 52.5 Å². The molecule has 34 heavy (non-hydrogen) atoms. The van der Waals surface area contributed by atoms with Crippen molar-refractivity contribution in [2.24, 2.45) is 0 Å². The van der Waals surface area contributed by atoms with Gasteiger partial charge in [0.1, 0.15) is 17.2 Å². The monoisotopic (exact) mass is 462 g/mol. The normalized spacial score (nSPS) is 10.5. The molecule has 0 amide bonds. The molecule has 6 heteroatoms. The van der Waals surface area contributed by atoms with E-state index in [1.807, 2.05) is 54.6 Å². The number of ether oxygens (including phenoxy) is 3. The Hall–Kier alpha value is -3.80. The van der Waals surface area contributed by atoms with Gasteiger partial charge in [-0.15, -0.1) is 0 Å². The van der Waals surface area contributed by atoms with E-state index >= 15 is 0 Å². The van der Waals surface area contributed by atoms with Crippen LogP contribution in [0.2, 0.25) is 0 Å². The highest BCUT2D eigenvalue weighted by Crippen LogP contribution is 2.22.